The van der Waals surface area contributed by atoms with Crippen molar-refractivity contribution >= 4 is 17.7 Å². The lowest BCUT2D eigenvalue weighted by Crippen LogP contribution is -2.35. The van der Waals surface area contributed by atoms with Gasteiger partial charge in [-0.2, -0.15) is 8.42 Å². The molecule has 148 valence electrons. The van der Waals surface area contributed by atoms with E-state index in [9.17, 15) is 17.9 Å². The molecule has 0 bridgehead atoms. The zero-order valence-electron chi connectivity index (χ0n) is 17.3. The lowest BCUT2D eigenvalue weighted by Gasteiger charge is -2.31. The summed E-state index contributed by atoms with van der Waals surface area (Å²) in [5, 5.41) is -0.708. The van der Waals surface area contributed by atoms with Gasteiger partial charge >= 0.3 is 7.60 Å². The van der Waals surface area contributed by atoms with Crippen molar-refractivity contribution in [3.8, 4) is 0 Å². The number of rotatable bonds is 2. The van der Waals surface area contributed by atoms with Crippen LogP contribution in [0.5, 0.6) is 0 Å². The van der Waals surface area contributed by atoms with E-state index in [2.05, 4.69) is 0 Å². The Morgan fingerprint density at radius 2 is 1.08 bits per heavy atom. The third-order valence-electron chi connectivity index (χ3n) is 2.36. The maximum Gasteiger partial charge on any atom is 0.333 e. The molecule has 0 aromatic heterocycles. The van der Waals surface area contributed by atoms with Crippen LogP contribution in [0.15, 0.2) is 0 Å². The molecule has 8 heteroatoms. The first-order valence-electron chi connectivity index (χ1n) is 7.90. The van der Waals surface area contributed by atoms with Gasteiger partial charge in [0.1, 0.15) is 0 Å². The number of hydrogen-bond donors (Lipinski definition) is 1. The molecule has 0 amide bonds. The monoisotopic (exact) mass is 388 g/mol. The molecule has 0 aromatic rings. The summed E-state index contributed by atoms with van der Waals surface area (Å²) in [6, 6.07) is 0. The van der Waals surface area contributed by atoms with Gasteiger partial charge in [0, 0.05) is 0 Å². The lowest BCUT2D eigenvalue weighted by molar-refractivity contribution is 0.103. The molecule has 0 aliphatic carbocycles. The highest BCUT2D eigenvalue weighted by atomic mass is 32.2. The van der Waals surface area contributed by atoms with Gasteiger partial charge in [-0.25, -0.2) is 0 Å². The predicted molar refractivity (Wildman–Crippen MR) is 99.9 cm³/mol. The molecule has 24 heavy (non-hydrogen) atoms. The second kappa shape index (κ2) is 7.75. The first kappa shape index (κ1) is 26.3. The minimum atomic E-state index is -3.50. The van der Waals surface area contributed by atoms with Crippen molar-refractivity contribution in [2.24, 2.45) is 0 Å². The first-order valence-corrected chi connectivity index (χ1v) is 10.9. The topological polar surface area (TPSA) is 89.9 Å². The number of hydrogen-bond acceptors (Lipinski definition) is 5. The van der Waals surface area contributed by atoms with Crippen LogP contribution < -0.4 is 0 Å². The van der Waals surface area contributed by atoms with E-state index in [0.29, 0.717) is 0 Å². The Kier molecular flexibility index (Phi) is 8.49. The minimum Gasteiger partial charge on any atom is -0.324 e. The van der Waals surface area contributed by atoms with Crippen molar-refractivity contribution in [2.75, 3.05) is 0 Å². The highest BCUT2D eigenvalue weighted by molar-refractivity contribution is 7.88. The van der Waals surface area contributed by atoms with Gasteiger partial charge in [-0.15, -0.1) is 0 Å². The van der Waals surface area contributed by atoms with E-state index < -0.39 is 38.8 Å². The van der Waals surface area contributed by atoms with Gasteiger partial charge in [-0.3, -0.25) is 8.75 Å². The van der Waals surface area contributed by atoms with Gasteiger partial charge in [0.15, 0.2) is 0 Å². The van der Waals surface area contributed by atoms with E-state index in [1.54, 1.807) is 83.1 Å². The molecule has 0 aliphatic heterocycles. The maximum atomic E-state index is 11.6. The van der Waals surface area contributed by atoms with Crippen LogP contribution in [0.3, 0.4) is 0 Å². The van der Waals surface area contributed by atoms with E-state index in [-0.39, 0.29) is 0 Å². The third-order valence-corrected chi connectivity index (χ3v) is 7.07. The van der Waals surface area contributed by atoms with Gasteiger partial charge in [-0.1, -0.05) is 0 Å². The SMILES string of the molecule is CC(C)(C)OP(=O)(O)C(C)(C)C.CC(C)(C)OS(=O)(=O)C(C)(C)C. The largest absolute Gasteiger partial charge is 0.333 e. The van der Waals surface area contributed by atoms with Gasteiger partial charge in [0.2, 0.25) is 0 Å². The average molecular weight is 389 g/mol. The predicted octanol–water partition coefficient (Wildman–Crippen LogP) is 4.72. The standard InChI is InChI=1S/C8H19O3P.C8H18O3S/c2*1-7(2,3)11-12(9,10)8(4,5)6/h1-6H3,(H,9,10);1-6H3. The van der Waals surface area contributed by atoms with Gasteiger partial charge < -0.3 is 9.42 Å². The van der Waals surface area contributed by atoms with Crippen LogP contribution in [0.1, 0.15) is 83.1 Å². The van der Waals surface area contributed by atoms with Crippen LogP contribution in [0, 0.1) is 0 Å². The Balaban J connectivity index is 0. The molecule has 0 aromatic carbocycles. The highest BCUT2D eigenvalue weighted by Gasteiger charge is 2.39. The fourth-order valence-electron chi connectivity index (χ4n) is 0.962. The van der Waals surface area contributed by atoms with E-state index >= 15 is 0 Å². The van der Waals surface area contributed by atoms with E-state index in [1.165, 1.54) is 0 Å². The molecule has 0 heterocycles. The van der Waals surface area contributed by atoms with Crippen molar-refractivity contribution in [3.63, 3.8) is 0 Å². The van der Waals surface area contributed by atoms with E-state index in [4.69, 9.17) is 8.71 Å². The second-order valence-electron chi connectivity index (χ2n) is 9.66. The normalized spacial score (nSPS) is 16.9. The Morgan fingerprint density at radius 3 is 1.17 bits per heavy atom. The molecular formula is C16H37O6PS. The van der Waals surface area contributed by atoms with E-state index in [0.717, 1.165) is 0 Å². The van der Waals surface area contributed by atoms with Gasteiger partial charge in [0.25, 0.3) is 10.1 Å². The van der Waals surface area contributed by atoms with Crippen LogP contribution in [-0.2, 0) is 23.4 Å². The minimum absolute atomic E-state index is 0.572. The molecule has 0 fully saturated rings. The summed E-state index contributed by atoms with van der Waals surface area (Å²) in [7, 11) is -6.95. The average Bonchev–Trinajstić information content (AvgIpc) is 2.05. The Hall–Kier alpha value is 0.0600. The van der Waals surface area contributed by atoms with Crippen molar-refractivity contribution in [3.05, 3.63) is 0 Å². The van der Waals surface area contributed by atoms with Crippen molar-refractivity contribution in [1.29, 1.82) is 0 Å². The molecule has 1 unspecified atom stereocenters. The third kappa shape index (κ3) is 10.8. The molecule has 6 nitrogen and oxygen atoms in total. The summed E-state index contributed by atoms with van der Waals surface area (Å²) >= 11 is 0. The molecule has 0 aliphatic rings. The molecule has 0 radical (unpaired) electrons. The van der Waals surface area contributed by atoms with Crippen molar-refractivity contribution in [2.45, 2.75) is 104 Å². The molecule has 0 saturated heterocycles. The zero-order chi connectivity index (χ0) is 20.4. The smallest absolute Gasteiger partial charge is 0.324 e. The molecule has 0 rings (SSSR count). The summed E-state index contributed by atoms with van der Waals surface area (Å²) in [5.74, 6) is 0. The summed E-state index contributed by atoms with van der Waals surface area (Å²) < 4.78 is 43.7. The summed E-state index contributed by atoms with van der Waals surface area (Å²) in [5.41, 5.74) is -1.22. The van der Waals surface area contributed by atoms with Crippen LogP contribution in [-0.4, -0.2) is 34.4 Å². The quantitative estimate of drug-likeness (QED) is 0.544. The molecule has 0 spiro atoms. The Labute approximate surface area is 149 Å². The fourth-order valence-corrected chi connectivity index (χ4v) is 2.89. The van der Waals surface area contributed by atoms with Crippen LogP contribution in [0.2, 0.25) is 0 Å². The highest BCUT2D eigenvalue weighted by Crippen LogP contribution is 2.57. The fraction of sp³-hybridized carbons (Fsp3) is 1.00. The Morgan fingerprint density at radius 1 is 0.750 bits per heavy atom. The zero-order valence-corrected chi connectivity index (χ0v) is 19.1. The second-order valence-corrected chi connectivity index (χ2v) is 14.5. The Bertz CT molecular complexity index is 539. The molecule has 1 atom stereocenters. The van der Waals surface area contributed by atoms with Crippen molar-refractivity contribution < 1.29 is 26.6 Å². The first-order chi connectivity index (χ1) is 9.91. The van der Waals surface area contributed by atoms with Crippen LogP contribution in [0.4, 0.5) is 0 Å². The van der Waals surface area contributed by atoms with Crippen LogP contribution in [0.25, 0.3) is 0 Å². The lowest BCUT2D eigenvalue weighted by atomic mass is 10.2. The van der Waals surface area contributed by atoms with Gasteiger partial charge in [-0.05, 0) is 83.1 Å². The summed E-state index contributed by atoms with van der Waals surface area (Å²) in [4.78, 5) is 9.52. The summed E-state index contributed by atoms with van der Waals surface area (Å²) in [6.07, 6.45) is 0. The van der Waals surface area contributed by atoms with Crippen LogP contribution >= 0.6 is 7.60 Å². The van der Waals surface area contributed by atoms with Gasteiger partial charge in [0.05, 0.1) is 21.1 Å². The molecule has 0 saturated carbocycles. The van der Waals surface area contributed by atoms with Crippen molar-refractivity contribution in [1.82, 2.24) is 0 Å². The maximum absolute atomic E-state index is 11.6. The summed E-state index contributed by atoms with van der Waals surface area (Å²) in [6.45, 7) is 20.4. The molecule has 1 N–H and O–H groups in total. The van der Waals surface area contributed by atoms with E-state index in [1.807, 2.05) is 0 Å². The molecular weight excluding hydrogens is 351 g/mol.